The average molecular weight is 324 g/mol. The lowest BCUT2D eigenvalue weighted by atomic mass is 10.1. The van der Waals surface area contributed by atoms with E-state index >= 15 is 0 Å². The lowest BCUT2D eigenvalue weighted by Gasteiger charge is -2.09. The van der Waals surface area contributed by atoms with Gasteiger partial charge >= 0.3 is 5.97 Å². The van der Waals surface area contributed by atoms with Crippen molar-refractivity contribution < 1.29 is 19.7 Å². The lowest BCUT2D eigenvalue weighted by molar-refractivity contribution is -0.140. The van der Waals surface area contributed by atoms with Gasteiger partial charge in [-0.25, -0.2) is 0 Å². The Hall–Kier alpha value is -1.39. The van der Waals surface area contributed by atoms with Crippen LogP contribution in [0.2, 0.25) is 0 Å². The molecule has 0 radical (unpaired) electrons. The zero-order chi connectivity index (χ0) is 17.3. The fourth-order valence-corrected chi connectivity index (χ4v) is 2.02. The van der Waals surface area contributed by atoms with E-state index in [1.165, 1.54) is 7.11 Å². The molecule has 0 saturated heterocycles. The van der Waals surface area contributed by atoms with Crippen LogP contribution < -0.4 is 0 Å². The van der Waals surface area contributed by atoms with Crippen LogP contribution in [-0.4, -0.2) is 35.5 Å². The van der Waals surface area contributed by atoms with Crippen LogP contribution in [0.15, 0.2) is 36.5 Å². The molecular weight excluding hydrogens is 292 g/mol. The molecule has 0 saturated carbocycles. The molecule has 23 heavy (non-hydrogen) atoms. The molecule has 0 aromatic heterocycles. The molecule has 0 aromatic carbocycles. The Morgan fingerprint density at radius 3 is 2.30 bits per heavy atom. The van der Waals surface area contributed by atoms with E-state index in [1.807, 2.05) is 19.1 Å². The summed E-state index contributed by atoms with van der Waals surface area (Å²) in [6, 6.07) is 0. The molecule has 0 fully saturated rings. The van der Waals surface area contributed by atoms with Crippen LogP contribution in [0.3, 0.4) is 0 Å². The first-order valence-electron chi connectivity index (χ1n) is 8.54. The number of hydrogen-bond donors (Lipinski definition) is 2. The molecule has 132 valence electrons. The smallest absolute Gasteiger partial charge is 0.305 e. The number of unbranched alkanes of at least 4 members (excludes halogenated alkanes) is 5. The number of allylic oxidation sites excluding steroid dienone is 4. The maximum absolute atomic E-state index is 10.9. The summed E-state index contributed by atoms with van der Waals surface area (Å²) in [5, 5.41) is 19.3. The number of aliphatic hydroxyl groups is 2. The fraction of sp³-hybridized carbons (Fsp3) is 0.632. The molecule has 2 N–H and O–H groups in total. The first kappa shape index (κ1) is 21.6. The number of methoxy groups -OCH3 is 1. The van der Waals surface area contributed by atoms with Crippen LogP contribution in [0.5, 0.6) is 0 Å². The lowest BCUT2D eigenvalue weighted by Crippen LogP contribution is -2.20. The molecule has 0 rings (SSSR count). The van der Waals surface area contributed by atoms with E-state index in [0.717, 1.165) is 44.9 Å². The van der Waals surface area contributed by atoms with Gasteiger partial charge in [0.1, 0.15) is 12.2 Å². The summed E-state index contributed by atoms with van der Waals surface area (Å²) < 4.78 is 4.59. The monoisotopic (exact) mass is 324 g/mol. The van der Waals surface area contributed by atoms with Gasteiger partial charge < -0.3 is 14.9 Å². The minimum absolute atomic E-state index is 0.128. The van der Waals surface area contributed by atoms with Crippen molar-refractivity contribution in [2.24, 2.45) is 0 Å². The summed E-state index contributed by atoms with van der Waals surface area (Å²) in [6.07, 6.45) is 16.8. The van der Waals surface area contributed by atoms with Crippen molar-refractivity contribution in [3.8, 4) is 0 Å². The van der Waals surface area contributed by atoms with Crippen molar-refractivity contribution in [2.75, 3.05) is 7.11 Å². The van der Waals surface area contributed by atoms with Gasteiger partial charge in [0, 0.05) is 6.42 Å². The molecule has 4 nitrogen and oxygen atoms in total. The van der Waals surface area contributed by atoms with Crippen LogP contribution in [-0.2, 0) is 9.53 Å². The molecule has 0 heterocycles. The Morgan fingerprint density at radius 2 is 1.61 bits per heavy atom. The second-order valence-corrected chi connectivity index (χ2v) is 5.51. The predicted octanol–water partition coefficient (Wildman–Crippen LogP) is 3.69. The topological polar surface area (TPSA) is 66.8 Å². The number of carbonyl (C=O) groups is 1. The molecule has 0 aromatic rings. The second-order valence-electron chi connectivity index (χ2n) is 5.51. The van der Waals surface area contributed by atoms with Crippen molar-refractivity contribution in [1.29, 1.82) is 0 Å². The summed E-state index contributed by atoms with van der Waals surface area (Å²) in [6.45, 7) is 1.98. The average Bonchev–Trinajstić information content (AvgIpc) is 2.56. The predicted molar refractivity (Wildman–Crippen MR) is 94.1 cm³/mol. The summed E-state index contributed by atoms with van der Waals surface area (Å²) >= 11 is 0. The highest BCUT2D eigenvalue weighted by molar-refractivity contribution is 5.68. The molecule has 0 amide bonds. The van der Waals surface area contributed by atoms with Crippen LogP contribution in [0.1, 0.15) is 58.3 Å². The van der Waals surface area contributed by atoms with Gasteiger partial charge in [-0.15, -0.1) is 0 Å². The first-order valence-corrected chi connectivity index (χ1v) is 8.54. The third-order valence-corrected chi connectivity index (χ3v) is 3.45. The van der Waals surface area contributed by atoms with Crippen molar-refractivity contribution in [2.45, 2.75) is 70.5 Å². The largest absolute Gasteiger partial charge is 0.469 e. The molecule has 0 aliphatic carbocycles. The number of ether oxygens (including phenoxy) is 1. The second kappa shape index (κ2) is 15.5. The SMILES string of the molecule is CC/C=C\[C@H](O)[C@@H](O)/C=C/C=C/CCCCCCCC(=O)OC. The Kier molecular flexibility index (Phi) is 14.6. The highest BCUT2D eigenvalue weighted by Crippen LogP contribution is 2.08. The number of esters is 1. The number of hydrogen-bond acceptors (Lipinski definition) is 4. The summed E-state index contributed by atoms with van der Waals surface area (Å²) in [5.41, 5.74) is 0. The van der Waals surface area contributed by atoms with E-state index in [4.69, 9.17) is 0 Å². The molecule has 0 aliphatic heterocycles. The van der Waals surface area contributed by atoms with Gasteiger partial charge in [0.15, 0.2) is 0 Å². The van der Waals surface area contributed by atoms with E-state index in [0.29, 0.717) is 6.42 Å². The number of rotatable bonds is 13. The number of carbonyl (C=O) groups excluding carboxylic acids is 1. The van der Waals surface area contributed by atoms with Crippen LogP contribution >= 0.6 is 0 Å². The molecule has 0 bridgehead atoms. The molecular formula is C19H32O4. The van der Waals surface area contributed by atoms with E-state index in [1.54, 1.807) is 18.2 Å². The van der Waals surface area contributed by atoms with Gasteiger partial charge in [0.2, 0.25) is 0 Å². The third-order valence-electron chi connectivity index (χ3n) is 3.45. The maximum Gasteiger partial charge on any atom is 0.305 e. The maximum atomic E-state index is 10.9. The summed E-state index contributed by atoms with van der Waals surface area (Å²) in [7, 11) is 1.42. The summed E-state index contributed by atoms with van der Waals surface area (Å²) in [5.74, 6) is -0.128. The van der Waals surface area contributed by atoms with Crippen LogP contribution in [0.4, 0.5) is 0 Å². The van der Waals surface area contributed by atoms with Crippen molar-refractivity contribution in [3.63, 3.8) is 0 Å². The van der Waals surface area contributed by atoms with Gasteiger partial charge in [-0.2, -0.15) is 0 Å². The number of aliphatic hydroxyl groups excluding tert-OH is 2. The Balaban J connectivity index is 3.58. The van der Waals surface area contributed by atoms with E-state index < -0.39 is 12.2 Å². The fourth-order valence-electron chi connectivity index (χ4n) is 2.02. The van der Waals surface area contributed by atoms with E-state index in [9.17, 15) is 15.0 Å². The highest BCUT2D eigenvalue weighted by atomic mass is 16.5. The Bertz CT molecular complexity index is 372. The first-order chi connectivity index (χ1) is 11.1. The van der Waals surface area contributed by atoms with Gasteiger partial charge in [-0.05, 0) is 25.7 Å². The van der Waals surface area contributed by atoms with Crippen LogP contribution in [0, 0.1) is 0 Å². The van der Waals surface area contributed by atoms with Crippen molar-refractivity contribution in [3.05, 3.63) is 36.5 Å². The highest BCUT2D eigenvalue weighted by Gasteiger charge is 2.07. The normalized spacial score (nSPS) is 14.8. The molecule has 0 unspecified atom stereocenters. The standard InChI is InChI=1S/C19H32O4/c1-3-4-14-17(20)18(21)15-12-10-8-6-5-7-9-11-13-16-19(22)23-2/h4,8,10,12,14-15,17-18,20-21H,3,5-7,9,11,13,16H2,1-2H3/b10-8+,14-4-,15-12+/t17-,18-/m0/s1. The van der Waals surface area contributed by atoms with Gasteiger partial charge in [-0.1, -0.05) is 62.6 Å². The molecule has 0 aliphatic rings. The quantitative estimate of drug-likeness (QED) is 0.235. The van der Waals surface area contributed by atoms with Gasteiger partial charge in [-0.3, -0.25) is 4.79 Å². The van der Waals surface area contributed by atoms with Crippen molar-refractivity contribution >= 4 is 5.97 Å². The van der Waals surface area contributed by atoms with Crippen LogP contribution in [0.25, 0.3) is 0 Å². The zero-order valence-corrected chi connectivity index (χ0v) is 14.5. The third kappa shape index (κ3) is 14.0. The minimum Gasteiger partial charge on any atom is -0.469 e. The molecule has 4 heteroatoms. The zero-order valence-electron chi connectivity index (χ0n) is 14.5. The molecule has 0 spiro atoms. The van der Waals surface area contributed by atoms with E-state index in [2.05, 4.69) is 10.8 Å². The van der Waals surface area contributed by atoms with Crippen molar-refractivity contribution in [1.82, 2.24) is 0 Å². The molecule has 2 atom stereocenters. The van der Waals surface area contributed by atoms with Gasteiger partial charge in [0.25, 0.3) is 0 Å². The minimum atomic E-state index is -0.864. The van der Waals surface area contributed by atoms with Gasteiger partial charge in [0.05, 0.1) is 7.11 Å². The Labute approximate surface area is 140 Å². The Morgan fingerprint density at radius 1 is 0.957 bits per heavy atom. The van der Waals surface area contributed by atoms with E-state index in [-0.39, 0.29) is 5.97 Å². The summed E-state index contributed by atoms with van der Waals surface area (Å²) in [4.78, 5) is 10.9.